The highest BCUT2D eigenvalue weighted by Crippen LogP contribution is 2.37. The van der Waals surface area contributed by atoms with Crippen molar-refractivity contribution in [3.05, 3.63) is 95.4 Å². The van der Waals surface area contributed by atoms with E-state index >= 15 is 0 Å². The molecule has 0 saturated carbocycles. The topological polar surface area (TPSA) is 66.4 Å². The molecular formula is C21H13NO3. The number of hydrogen-bond donors (Lipinski definition) is 2. The summed E-state index contributed by atoms with van der Waals surface area (Å²) < 4.78 is 0. The Morgan fingerprint density at radius 3 is 2.00 bits per heavy atom. The molecule has 0 amide bonds. The highest BCUT2D eigenvalue weighted by atomic mass is 16.3. The molecule has 1 aliphatic rings. The van der Waals surface area contributed by atoms with Crippen LogP contribution >= 0.6 is 0 Å². The molecule has 0 saturated heterocycles. The first kappa shape index (κ1) is 15.1. The molecule has 0 spiro atoms. The minimum atomic E-state index is -0.358. The predicted molar refractivity (Wildman–Crippen MR) is 94.5 cm³/mol. The summed E-state index contributed by atoms with van der Waals surface area (Å²) in [4.78, 5) is 25.7. The Hall–Kier alpha value is -3.40. The van der Waals surface area contributed by atoms with Crippen LogP contribution in [0.3, 0.4) is 0 Å². The molecule has 4 nitrogen and oxygen atoms in total. The Balaban J connectivity index is 1.88. The molecule has 0 fully saturated rings. The van der Waals surface area contributed by atoms with E-state index < -0.39 is 0 Å². The molecule has 4 rings (SSSR count). The maximum atomic E-state index is 12.9. The predicted octanol–water partition coefficient (Wildman–Crippen LogP) is 3.97. The second-order valence-electron chi connectivity index (χ2n) is 5.83. The average Bonchev–Trinajstić information content (AvgIpc) is 2.63. The number of ketones is 2. The maximum absolute atomic E-state index is 12.9. The molecule has 120 valence electrons. The van der Waals surface area contributed by atoms with Crippen molar-refractivity contribution in [1.29, 1.82) is 0 Å². The minimum Gasteiger partial charge on any atom is -0.507 e. The Morgan fingerprint density at radius 1 is 0.760 bits per heavy atom. The summed E-state index contributed by atoms with van der Waals surface area (Å²) in [5.74, 6) is -0.853. The van der Waals surface area contributed by atoms with Crippen LogP contribution < -0.4 is 5.32 Å². The summed E-state index contributed by atoms with van der Waals surface area (Å²) in [7, 11) is 0. The van der Waals surface area contributed by atoms with Crippen LogP contribution in [0.25, 0.3) is 0 Å². The lowest BCUT2D eigenvalue weighted by Gasteiger charge is -2.21. The van der Waals surface area contributed by atoms with E-state index in [-0.39, 0.29) is 28.4 Å². The summed E-state index contributed by atoms with van der Waals surface area (Å²) in [6.45, 7) is 5.68. The number of carbonyl (C=O) groups excluding carboxylic acids is 2. The quantitative estimate of drug-likeness (QED) is 0.547. The molecule has 0 heterocycles. The molecule has 2 N–H and O–H groups in total. The van der Waals surface area contributed by atoms with Crippen LogP contribution in [0.1, 0.15) is 37.4 Å². The highest BCUT2D eigenvalue weighted by molar-refractivity contribution is 6.31. The Labute approximate surface area is 144 Å². The summed E-state index contributed by atoms with van der Waals surface area (Å²) >= 11 is 0. The summed E-state index contributed by atoms with van der Waals surface area (Å²) in [6.07, 6.45) is 0. The van der Waals surface area contributed by atoms with Gasteiger partial charge in [0.25, 0.3) is 0 Å². The third-order valence-electron chi connectivity index (χ3n) is 4.24. The lowest BCUT2D eigenvalue weighted by Crippen LogP contribution is -2.22. The molecule has 0 bridgehead atoms. The number of phenols is 1. The van der Waals surface area contributed by atoms with Gasteiger partial charge in [0.15, 0.2) is 11.6 Å². The molecule has 1 aliphatic carbocycles. The Kier molecular flexibility index (Phi) is 3.39. The standard InChI is InChI=1S/C21H13NO3/c1-12-6-8-13(9-7-12)22-16-10-11-17(23)19-18(16)20(24)14-4-2-3-5-15(14)21(19)25/h1-11,22-23H. The second-order valence-corrected chi connectivity index (χ2v) is 5.83. The molecule has 0 aliphatic heterocycles. The van der Waals surface area contributed by atoms with Crippen molar-refractivity contribution in [2.45, 2.75) is 0 Å². The van der Waals surface area contributed by atoms with Gasteiger partial charge in [0.1, 0.15) is 5.75 Å². The molecule has 0 aromatic heterocycles. The van der Waals surface area contributed by atoms with Gasteiger partial charge in [-0.1, -0.05) is 36.4 Å². The van der Waals surface area contributed by atoms with Gasteiger partial charge in [0.2, 0.25) is 0 Å². The van der Waals surface area contributed by atoms with Crippen molar-refractivity contribution >= 4 is 22.9 Å². The van der Waals surface area contributed by atoms with E-state index in [0.717, 1.165) is 5.69 Å². The van der Waals surface area contributed by atoms with Gasteiger partial charge in [0.05, 0.1) is 16.8 Å². The fourth-order valence-corrected chi connectivity index (χ4v) is 3.03. The normalized spacial score (nSPS) is 12.5. The van der Waals surface area contributed by atoms with Crippen LogP contribution in [-0.2, 0) is 0 Å². The van der Waals surface area contributed by atoms with Crippen molar-refractivity contribution in [3.8, 4) is 5.75 Å². The zero-order valence-electron chi connectivity index (χ0n) is 13.1. The van der Waals surface area contributed by atoms with E-state index in [2.05, 4.69) is 5.32 Å². The van der Waals surface area contributed by atoms with Gasteiger partial charge in [-0.15, -0.1) is 0 Å². The molecule has 0 unspecified atom stereocenters. The van der Waals surface area contributed by atoms with E-state index in [1.54, 1.807) is 54.6 Å². The van der Waals surface area contributed by atoms with Crippen molar-refractivity contribution in [1.82, 2.24) is 0 Å². The van der Waals surface area contributed by atoms with Crippen molar-refractivity contribution < 1.29 is 14.7 Å². The number of anilines is 2. The number of hydrogen-bond acceptors (Lipinski definition) is 4. The first-order chi connectivity index (χ1) is 12.1. The van der Waals surface area contributed by atoms with Gasteiger partial charge in [-0.2, -0.15) is 0 Å². The lowest BCUT2D eigenvalue weighted by molar-refractivity contribution is 0.0977. The Morgan fingerprint density at radius 2 is 1.36 bits per heavy atom. The third kappa shape index (κ3) is 2.39. The van der Waals surface area contributed by atoms with Gasteiger partial charge in [-0.3, -0.25) is 9.59 Å². The monoisotopic (exact) mass is 327 g/mol. The minimum absolute atomic E-state index is 0.0316. The zero-order chi connectivity index (χ0) is 17.6. The van der Waals surface area contributed by atoms with Crippen LogP contribution in [-0.4, -0.2) is 16.7 Å². The summed E-state index contributed by atoms with van der Waals surface area (Å²) in [6, 6.07) is 16.6. The van der Waals surface area contributed by atoms with Gasteiger partial charge >= 0.3 is 0 Å². The highest BCUT2D eigenvalue weighted by Gasteiger charge is 2.33. The van der Waals surface area contributed by atoms with Crippen LogP contribution in [0, 0.1) is 6.92 Å². The van der Waals surface area contributed by atoms with E-state index in [0.29, 0.717) is 22.4 Å². The van der Waals surface area contributed by atoms with Crippen LogP contribution in [0.4, 0.5) is 11.4 Å². The molecular weight excluding hydrogens is 314 g/mol. The van der Waals surface area contributed by atoms with Crippen LogP contribution in [0.2, 0.25) is 0 Å². The van der Waals surface area contributed by atoms with Gasteiger partial charge in [-0.25, -0.2) is 0 Å². The number of fused-ring (bicyclic) bond motifs is 2. The first-order valence-electron chi connectivity index (χ1n) is 7.73. The van der Waals surface area contributed by atoms with Crippen LogP contribution in [0.15, 0.2) is 60.7 Å². The molecule has 25 heavy (non-hydrogen) atoms. The smallest absolute Gasteiger partial charge is 0.198 e. The van der Waals surface area contributed by atoms with E-state index in [4.69, 9.17) is 6.92 Å². The van der Waals surface area contributed by atoms with Crippen molar-refractivity contribution in [3.63, 3.8) is 0 Å². The molecule has 3 aromatic rings. The van der Waals surface area contributed by atoms with Gasteiger partial charge in [-0.05, 0) is 36.8 Å². The Bertz CT molecular complexity index is 1020. The van der Waals surface area contributed by atoms with Gasteiger partial charge in [0, 0.05) is 16.8 Å². The second kappa shape index (κ2) is 5.60. The number of rotatable bonds is 2. The average molecular weight is 327 g/mol. The molecule has 0 atom stereocenters. The van der Waals surface area contributed by atoms with E-state index in [1.807, 2.05) is 0 Å². The number of phenolic OH excluding ortho intramolecular Hbond substituents is 1. The molecule has 4 heteroatoms. The number of benzene rings is 3. The summed E-state index contributed by atoms with van der Waals surface area (Å²) in [5, 5.41) is 13.3. The first-order valence-corrected chi connectivity index (χ1v) is 7.73. The van der Waals surface area contributed by atoms with Gasteiger partial charge < -0.3 is 10.4 Å². The van der Waals surface area contributed by atoms with E-state index in [9.17, 15) is 14.7 Å². The van der Waals surface area contributed by atoms with Crippen molar-refractivity contribution in [2.24, 2.45) is 0 Å². The zero-order valence-corrected chi connectivity index (χ0v) is 13.1. The summed E-state index contributed by atoms with van der Waals surface area (Å²) in [5.41, 5.74) is 2.67. The molecule has 2 radical (unpaired) electrons. The molecule has 3 aromatic carbocycles. The number of aromatic hydroxyl groups is 1. The largest absolute Gasteiger partial charge is 0.507 e. The van der Waals surface area contributed by atoms with E-state index in [1.165, 1.54) is 6.07 Å². The fraction of sp³-hybridized carbons (Fsp3) is 0. The number of carbonyl (C=O) groups is 2. The number of nitrogens with one attached hydrogen (secondary N) is 1. The SMILES string of the molecule is [CH]c1ccc(Nc2ccc(O)c3c2C(=O)c2ccccc2C3=O)cc1. The van der Waals surface area contributed by atoms with Crippen molar-refractivity contribution in [2.75, 3.05) is 5.32 Å². The lowest BCUT2D eigenvalue weighted by atomic mass is 9.82. The van der Waals surface area contributed by atoms with Crippen LogP contribution in [0.5, 0.6) is 5.75 Å². The maximum Gasteiger partial charge on any atom is 0.198 e. The fourth-order valence-electron chi connectivity index (χ4n) is 3.03. The third-order valence-corrected chi connectivity index (χ3v) is 4.24.